The fraction of sp³-hybridized carbons (Fsp3) is 0.700. The zero-order valence-corrected chi connectivity index (χ0v) is 7.92. The first-order valence-electron chi connectivity index (χ1n) is 4.92. The monoisotopic (exact) mass is 180 g/mol. The van der Waals surface area contributed by atoms with Gasteiger partial charge in [0.15, 0.2) is 0 Å². The number of hydrogen-bond donors (Lipinski definition) is 2. The van der Waals surface area contributed by atoms with Crippen molar-refractivity contribution in [2.75, 3.05) is 13.1 Å². The zero-order chi connectivity index (χ0) is 9.26. The highest BCUT2D eigenvalue weighted by Gasteiger charge is 2.34. The second kappa shape index (κ2) is 3.50. The van der Waals surface area contributed by atoms with Gasteiger partial charge in [-0.3, -0.25) is 4.79 Å². The van der Waals surface area contributed by atoms with Crippen molar-refractivity contribution >= 4 is 5.91 Å². The first-order chi connectivity index (χ1) is 6.27. The number of carbonyl (C=O) groups is 1. The standard InChI is InChI=1S/C10H16N2O/c1-7(13)12-10-4-2-3-8-5-11-6-9(8)10/h2-3,8-11H,4-6H2,1H3,(H,12,13)/t8-,9-,10-/m1/s1. The second-order valence-electron chi connectivity index (χ2n) is 3.96. The molecule has 2 rings (SSSR count). The van der Waals surface area contributed by atoms with Gasteiger partial charge in [0.05, 0.1) is 0 Å². The second-order valence-corrected chi connectivity index (χ2v) is 3.96. The van der Waals surface area contributed by atoms with E-state index in [0.717, 1.165) is 19.5 Å². The quantitative estimate of drug-likeness (QED) is 0.569. The van der Waals surface area contributed by atoms with Crippen LogP contribution < -0.4 is 10.6 Å². The van der Waals surface area contributed by atoms with E-state index in [1.165, 1.54) is 0 Å². The molecule has 1 aliphatic heterocycles. The van der Waals surface area contributed by atoms with Gasteiger partial charge < -0.3 is 10.6 Å². The lowest BCUT2D eigenvalue weighted by atomic mass is 9.83. The minimum Gasteiger partial charge on any atom is -0.353 e. The molecular formula is C10H16N2O. The van der Waals surface area contributed by atoms with Crippen molar-refractivity contribution in [1.82, 2.24) is 10.6 Å². The van der Waals surface area contributed by atoms with Gasteiger partial charge in [-0.15, -0.1) is 0 Å². The molecule has 72 valence electrons. The predicted octanol–water partition coefficient (Wildman–Crippen LogP) is 0.287. The molecule has 3 atom stereocenters. The molecule has 1 fully saturated rings. The maximum absolute atomic E-state index is 10.9. The summed E-state index contributed by atoms with van der Waals surface area (Å²) in [4.78, 5) is 10.9. The SMILES string of the molecule is CC(=O)N[C@@H]1CC=C[C@@H]2CNC[C@H]21. The molecule has 0 radical (unpaired) electrons. The minimum absolute atomic E-state index is 0.0888. The van der Waals surface area contributed by atoms with Gasteiger partial charge in [0, 0.05) is 26.1 Å². The Balaban J connectivity index is 2.03. The highest BCUT2D eigenvalue weighted by atomic mass is 16.1. The van der Waals surface area contributed by atoms with Gasteiger partial charge in [0.2, 0.25) is 5.91 Å². The van der Waals surface area contributed by atoms with Crippen molar-refractivity contribution in [1.29, 1.82) is 0 Å². The smallest absolute Gasteiger partial charge is 0.217 e. The zero-order valence-electron chi connectivity index (χ0n) is 7.92. The Morgan fingerprint density at radius 1 is 1.54 bits per heavy atom. The van der Waals surface area contributed by atoms with Crippen molar-refractivity contribution in [3.63, 3.8) is 0 Å². The Kier molecular flexibility index (Phi) is 2.36. The van der Waals surface area contributed by atoms with Crippen molar-refractivity contribution in [2.24, 2.45) is 11.8 Å². The Bertz CT molecular complexity index is 237. The lowest BCUT2D eigenvalue weighted by Gasteiger charge is -2.29. The van der Waals surface area contributed by atoms with Crippen LogP contribution in [0.4, 0.5) is 0 Å². The molecule has 1 saturated heterocycles. The predicted molar refractivity (Wildman–Crippen MR) is 51.2 cm³/mol. The average Bonchev–Trinajstić information content (AvgIpc) is 2.51. The summed E-state index contributed by atoms with van der Waals surface area (Å²) in [5.74, 6) is 1.32. The van der Waals surface area contributed by atoms with Crippen molar-refractivity contribution in [3.05, 3.63) is 12.2 Å². The molecule has 0 unspecified atom stereocenters. The first kappa shape index (κ1) is 8.75. The summed E-state index contributed by atoms with van der Waals surface area (Å²) >= 11 is 0. The maximum Gasteiger partial charge on any atom is 0.217 e. The van der Waals surface area contributed by atoms with Crippen molar-refractivity contribution in [2.45, 2.75) is 19.4 Å². The number of rotatable bonds is 1. The van der Waals surface area contributed by atoms with Crippen LogP contribution in [0.15, 0.2) is 12.2 Å². The fourth-order valence-electron chi connectivity index (χ4n) is 2.37. The Morgan fingerprint density at radius 3 is 3.15 bits per heavy atom. The third kappa shape index (κ3) is 1.75. The average molecular weight is 180 g/mol. The fourth-order valence-corrected chi connectivity index (χ4v) is 2.37. The minimum atomic E-state index is 0.0888. The van der Waals surface area contributed by atoms with Crippen LogP contribution in [0.1, 0.15) is 13.3 Å². The lowest BCUT2D eigenvalue weighted by Crippen LogP contribution is -2.43. The molecule has 1 amide bonds. The van der Waals surface area contributed by atoms with Crippen LogP contribution in [0.25, 0.3) is 0 Å². The van der Waals surface area contributed by atoms with Gasteiger partial charge in [0.1, 0.15) is 0 Å². The van der Waals surface area contributed by atoms with E-state index in [1.807, 2.05) is 0 Å². The molecule has 13 heavy (non-hydrogen) atoms. The van der Waals surface area contributed by atoms with Gasteiger partial charge in [0.25, 0.3) is 0 Å². The van der Waals surface area contributed by atoms with Crippen LogP contribution >= 0.6 is 0 Å². The molecule has 3 heteroatoms. The molecule has 0 spiro atoms. The van der Waals surface area contributed by atoms with Gasteiger partial charge in [-0.2, -0.15) is 0 Å². The number of carbonyl (C=O) groups excluding carboxylic acids is 1. The molecule has 1 aliphatic carbocycles. The molecule has 0 bridgehead atoms. The summed E-state index contributed by atoms with van der Waals surface area (Å²) in [7, 11) is 0. The van der Waals surface area contributed by atoms with Crippen LogP contribution in [0, 0.1) is 11.8 Å². The van der Waals surface area contributed by atoms with Gasteiger partial charge in [-0.05, 0) is 18.3 Å². The largest absolute Gasteiger partial charge is 0.353 e. The van der Waals surface area contributed by atoms with E-state index in [0.29, 0.717) is 17.9 Å². The molecule has 1 heterocycles. The molecular weight excluding hydrogens is 164 g/mol. The molecule has 2 N–H and O–H groups in total. The Hall–Kier alpha value is -0.830. The number of amides is 1. The highest BCUT2D eigenvalue weighted by molar-refractivity contribution is 5.73. The number of nitrogens with one attached hydrogen (secondary N) is 2. The van der Waals surface area contributed by atoms with Crippen LogP contribution in [0.2, 0.25) is 0 Å². The molecule has 0 saturated carbocycles. The topological polar surface area (TPSA) is 41.1 Å². The lowest BCUT2D eigenvalue weighted by molar-refractivity contribution is -0.120. The third-order valence-electron chi connectivity index (χ3n) is 2.99. The number of fused-ring (bicyclic) bond motifs is 1. The van der Waals surface area contributed by atoms with E-state index >= 15 is 0 Å². The highest BCUT2D eigenvalue weighted by Crippen LogP contribution is 2.27. The maximum atomic E-state index is 10.9. The number of hydrogen-bond acceptors (Lipinski definition) is 2. The molecule has 0 aromatic rings. The van der Waals surface area contributed by atoms with Crippen LogP contribution in [-0.4, -0.2) is 25.0 Å². The van der Waals surface area contributed by atoms with Crippen LogP contribution in [0.3, 0.4) is 0 Å². The molecule has 0 aromatic heterocycles. The van der Waals surface area contributed by atoms with E-state index in [2.05, 4.69) is 22.8 Å². The van der Waals surface area contributed by atoms with E-state index < -0.39 is 0 Å². The normalized spacial score (nSPS) is 37.2. The van der Waals surface area contributed by atoms with E-state index in [1.54, 1.807) is 6.92 Å². The third-order valence-corrected chi connectivity index (χ3v) is 2.99. The van der Waals surface area contributed by atoms with Crippen LogP contribution in [-0.2, 0) is 4.79 Å². The van der Waals surface area contributed by atoms with E-state index in [-0.39, 0.29) is 5.91 Å². The Morgan fingerprint density at radius 2 is 2.38 bits per heavy atom. The van der Waals surface area contributed by atoms with Crippen molar-refractivity contribution in [3.8, 4) is 0 Å². The van der Waals surface area contributed by atoms with Gasteiger partial charge in [-0.1, -0.05) is 12.2 Å². The van der Waals surface area contributed by atoms with Crippen LogP contribution in [0.5, 0.6) is 0 Å². The molecule has 0 aromatic carbocycles. The van der Waals surface area contributed by atoms with Gasteiger partial charge in [-0.25, -0.2) is 0 Å². The first-order valence-corrected chi connectivity index (χ1v) is 4.92. The Labute approximate surface area is 78.6 Å². The summed E-state index contributed by atoms with van der Waals surface area (Å²) in [6, 6.07) is 0.350. The van der Waals surface area contributed by atoms with E-state index in [9.17, 15) is 4.79 Å². The summed E-state index contributed by atoms with van der Waals surface area (Å²) in [6.07, 6.45) is 5.46. The summed E-state index contributed by atoms with van der Waals surface area (Å²) in [5.41, 5.74) is 0. The van der Waals surface area contributed by atoms with Gasteiger partial charge >= 0.3 is 0 Å². The summed E-state index contributed by atoms with van der Waals surface area (Å²) < 4.78 is 0. The molecule has 3 nitrogen and oxygen atoms in total. The van der Waals surface area contributed by atoms with E-state index in [4.69, 9.17) is 0 Å². The summed E-state index contributed by atoms with van der Waals surface area (Å²) in [5, 5.41) is 6.39. The summed E-state index contributed by atoms with van der Waals surface area (Å²) in [6.45, 7) is 3.70. The molecule has 2 aliphatic rings. The van der Waals surface area contributed by atoms with Crippen molar-refractivity contribution < 1.29 is 4.79 Å².